The third-order valence-corrected chi connectivity index (χ3v) is 2.60. The Labute approximate surface area is 90.6 Å². The van der Waals surface area contributed by atoms with Crippen LogP contribution in [0.3, 0.4) is 0 Å². The van der Waals surface area contributed by atoms with Crippen molar-refractivity contribution in [1.29, 1.82) is 0 Å². The van der Waals surface area contributed by atoms with Gasteiger partial charge < -0.3 is 10.1 Å². The van der Waals surface area contributed by atoms with E-state index in [0.717, 1.165) is 10.2 Å². The lowest BCUT2D eigenvalue weighted by Gasteiger charge is -2.31. The summed E-state index contributed by atoms with van der Waals surface area (Å²) in [6, 6.07) is 5.56. The number of benzene rings is 1. The summed E-state index contributed by atoms with van der Waals surface area (Å²) in [5, 5.41) is 3.12. The molecule has 0 radical (unpaired) electrons. The van der Waals surface area contributed by atoms with Crippen molar-refractivity contribution in [3.63, 3.8) is 0 Å². The van der Waals surface area contributed by atoms with Gasteiger partial charge in [0.05, 0.1) is 5.69 Å². The minimum atomic E-state index is -0.652. The van der Waals surface area contributed by atoms with Crippen molar-refractivity contribution < 1.29 is 9.53 Å². The van der Waals surface area contributed by atoms with E-state index in [0.29, 0.717) is 5.75 Å². The molecule has 0 aromatic heterocycles. The zero-order chi connectivity index (χ0) is 10.3. The molecule has 0 fully saturated rings. The summed E-state index contributed by atoms with van der Waals surface area (Å²) in [6.07, 6.45) is 0. The molecule has 1 aromatic carbocycles. The summed E-state index contributed by atoms with van der Waals surface area (Å²) in [7, 11) is 0. The van der Waals surface area contributed by atoms with Crippen LogP contribution >= 0.6 is 15.9 Å². The van der Waals surface area contributed by atoms with E-state index >= 15 is 0 Å². The summed E-state index contributed by atoms with van der Waals surface area (Å²) < 4.78 is 6.09. The Kier molecular flexibility index (Phi) is 2.03. The number of nitrogens with one attached hydrogen (secondary N) is 1. The Hall–Kier alpha value is -1.03. The first-order valence-corrected chi connectivity index (χ1v) is 5.08. The van der Waals surface area contributed by atoms with Gasteiger partial charge in [-0.2, -0.15) is 0 Å². The van der Waals surface area contributed by atoms with E-state index in [1.54, 1.807) is 19.9 Å². The third-order valence-electron chi connectivity index (χ3n) is 2.10. The molecule has 0 bridgehead atoms. The number of carbonyl (C=O) groups excluding carboxylic acids is 1. The van der Waals surface area contributed by atoms with Gasteiger partial charge >= 0.3 is 5.97 Å². The van der Waals surface area contributed by atoms with Crippen LogP contribution in [0, 0.1) is 0 Å². The molecular weight excluding hydrogens is 246 g/mol. The predicted octanol–water partition coefficient (Wildman–Crippen LogP) is 2.56. The van der Waals surface area contributed by atoms with Crippen LogP contribution in [-0.4, -0.2) is 11.5 Å². The molecular formula is C10H10BrNO2. The molecule has 3 nitrogen and oxygen atoms in total. The van der Waals surface area contributed by atoms with Crippen molar-refractivity contribution in [2.24, 2.45) is 0 Å². The lowest BCUT2D eigenvalue weighted by Crippen LogP contribution is -2.46. The largest absolute Gasteiger partial charge is 0.423 e. The molecule has 0 atom stereocenters. The van der Waals surface area contributed by atoms with Gasteiger partial charge in [-0.15, -0.1) is 0 Å². The normalized spacial score (nSPS) is 18.1. The van der Waals surface area contributed by atoms with Crippen molar-refractivity contribution in [2.75, 3.05) is 5.32 Å². The number of hydrogen-bond acceptors (Lipinski definition) is 3. The van der Waals surface area contributed by atoms with Gasteiger partial charge in [0.15, 0.2) is 5.75 Å². The SMILES string of the molecule is CC1(C)Nc2ccc(Br)cc2OC1=O. The van der Waals surface area contributed by atoms with Crippen molar-refractivity contribution in [3.05, 3.63) is 22.7 Å². The van der Waals surface area contributed by atoms with E-state index in [1.807, 2.05) is 12.1 Å². The van der Waals surface area contributed by atoms with Gasteiger partial charge in [-0.25, -0.2) is 4.79 Å². The minimum absolute atomic E-state index is 0.261. The number of esters is 1. The number of anilines is 1. The average molecular weight is 256 g/mol. The maximum absolute atomic E-state index is 11.5. The third kappa shape index (κ3) is 1.50. The summed E-state index contributed by atoms with van der Waals surface area (Å²) in [6.45, 7) is 3.58. The summed E-state index contributed by atoms with van der Waals surface area (Å²) in [5.74, 6) is 0.312. The van der Waals surface area contributed by atoms with Gasteiger partial charge in [0.25, 0.3) is 0 Å². The van der Waals surface area contributed by atoms with Crippen LogP contribution in [-0.2, 0) is 4.79 Å². The highest BCUT2D eigenvalue weighted by Gasteiger charge is 2.35. The first-order valence-electron chi connectivity index (χ1n) is 4.29. The lowest BCUT2D eigenvalue weighted by atomic mass is 10.0. The molecule has 1 aliphatic heterocycles. The summed E-state index contributed by atoms with van der Waals surface area (Å²) in [4.78, 5) is 11.5. The molecule has 1 aromatic rings. The first kappa shape index (κ1) is 9.52. The molecule has 14 heavy (non-hydrogen) atoms. The number of rotatable bonds is 0. The second-order valence-electron chi connectivity index (χ2n) is 3.78. The van der Waals surface area contributed by atoms with Crippen molar-refractivity contribution >= 4 is 27.6 Å². The molecule has 2 rings (SSSR count). The Morgan fingerprint density at radius 3 is 2.86 bits per heavy atom. The van der Waals surface area contributed by atoms with E-state index in [1.165, 1.54) is 0 Å². The number of halogens is 1. The average Bonchev–Trinajstić information content (AvgIpc) is 2.08. The molecule has 0 aliphatic carbocycles. The molecule has 1 N–H and O–H groups in total. The van der Waals surface area contributed by atoms with Gasteiger partial charge in [-0.3, -0.25) is 0 Å². The first-order chi connectivity index (χ1) is 6.49. The Morgan fingerprint density at radius 2 is 2.14 bits per heavy atom. The van der Waals surface area contributed by atoms with E-state index in [-0.39, 0.29) is 5.97 Å². The minimum Gasteiger partial charge on any atom is -0.423 e. The number of fused-ring (bicyclic) bond motifs is 1. The summed E-state index contributed by atoms with van der Waals surface area (Å²) >= 11 is 3.32. The van der Waals surface area contributed by atoms with Gasteiger partial charge in [0, 0.05) is 4.47 Å². The van der Waals surface area contributed by atoms with E-state index in [2.05, 4.69) is 21.2 Å². The van der Waals surface area contributed by atoms with Gasteiger partial charge in [-0.05, 0) is 32.0 Å². The molecule has 74 valence electrons. The zero-order valence-electron chi connectivity index (χ0n) is 7.93. The van der Waals surface area contributed by atoms with Gasteiger partial charge in [-0.1, -0.05) is 15.9 Å². The number of hydrogen-bond donors (Lipinski definition) is 1. The molecule has 4 heteroatoms. The Balaban J connectivity index is 2.46. The molecule has 0 unspecified atom stereocenters. The molecule has 0 spiro atoms. The van der Waals surface area contributed by atoms with Crippen LogP contribution in [0.15, 0.2) is 22.7 Å². The van der Waals surface area contributed by atoms with E-state index in [4.69, 9.17) is 4.74 Å². The highest BCUT2D eigenvalue weighted by Crippen LogP contribution is 2.34. The molecule has 1 heterocycles. The lowest BCUT2D eigenvalue weighted by molar-refractivity contribution is -0.139. The van der Waals surface area contributed by atoms with E-state index in [9.17, 15) is 4.79 Å². The maximum atomic E-state index is 11.5. The molecule has 0 saturated carbocycles. The van der Waals surface area contributed by atoms with Crippen LogP contribution in [0.5, 0.6) is 5.75 Å². The van der Waals surface area contributed by atoms with Crippen LogP contribution < -0.4 is 10.1 Å². The fourth-order valence-corrected chi connectivity index (χ4v) is 1.64. The number of carbonyl (C=O) groups is 1. The van der Waals surface area contributed by atoms with Gasteiger partial charge in [0.1, 0.15) is 5.54 Å². The standard InChI is InChI=1S/C10H10BrNO2/c1-10(2)9(13)14-8-5-6(11)3-4-7(8)12-10/h3-5,12H,1-2H3. The number of ether oxygens (including phenoxy) is 1. The predicted molar refractivity (Wildman–Crippen MR) is 57.5 cm³/mol. The smallest absolute Gasteiger partial charge is 0.336 e. The molecule has 0 amide bonds. The molecule has 1 aliphatic rings. The van der Waals surface area contributed by atoms with Crippen molar-refractivity contribution in [1.82, 2.24) is 0 Å². The molecule has 0 saturated heterocycles. The topological polar surface area (TPSA) is 38.3 Å². The van der Waals surface area contributed by atoms with Crippen LogP contribution in [0.1, 0.15) is 13.8 Å². The van der Waals surface area contributed by atoms with Crippen LogP contribution in [0.25, 0.3) is 0 Å². The Morgan fingerprint density at radius 1 is 1.43 bits per heavy atom. The fraction of sp³-hybridized carbons (Fsp3) is 0.300. The second-order valence-corrected chi connectivity index (χ2v) is 4.70. The van der Waals surface area contributed by atoms with Crippen LogP contribution in [0.4, 0.5) is 5.69 Å². The van der Waals surface area contributed by atoms with Gasteiger partial charge in [0.2, 0.25) is 0 Å². The quantitative estimate of drug-likeness (QED) is 0.572. The highest BCUT2D eigenvalue weighted by atomic mass is 79.9. The van der Waals surface area contributed by atoms with E-state index < -0.39 is 5.54 Å². The monoisotopic (exact) mass is 255 g/mol. The maximum Gasteiger partial charge on any atom is 0.336 e. The zero-order valence-corrected chi connectivity index (χ0v) is 9.51. The fourth-order valence-electron chi connectivity index (χ4n) is 1.30. The van der Waals surface area contributed by atoms with Crippen molar-refractivity contribution in [2.45, 2.75) is 19.4 Å². The second kappa shape index (κ2) is 2.98. The van der Waals surface area contributed by atoms with Crippen molar-refractivity contribution in [3.8, 4) is 5.75 Å². The van der Waals surface area contributed by atoms with Crippen LogP contribution in [0.2, 0.25) is 0 Å². The summed E-state index contributed by atoms with van der Waals surface area (Å²) in [5.41, 5.74) is 0.193. The highest BCUT2D eigenvalue weighted by molar-refractivity contribution is 9.10. The Bertz CT molecular complexity index is 401.